The first-order valence-electron chi connectivity index (χ1n) is 7.29. The van der Waals surface area contributed by atoms with Crippen molar-refractivity contribution < 1.29 is 9.59 Å². The van der Waals surface area contributed by atoms with Gasteiger partial charge in [-0.1, -0.05) is 17.8 Å². The summed E-state index contributed by atoms with van der Waals surface area (Å²) in [5.74, 6) is -0.251. The Labute approximate surface area is 128 Å². The van der Waals surface area contributed by atoms with Gasteiger partial charge in [0.15, 0.2) is 0 Å². The van der Waals surface area contributed by atoms with Crippen molar-refractivity contribution in [2.24, 2.45) is 0 Å². The zero-order valence-corrected chi connectivity index (χ0v) is 13.2. The summed E-state index contributed by atoms with van der Waals surface area (Å²) >= 11 is 1.11. The summed E-state index contributed by atoms with van der Waals surface area (Å²) in [6.07, 6.45) is 1.64. The lowest BCUT2D eigenvalue weighted by Gasteiger charge is -2.34. The molecule has 1 aliphatic rings. The highest BCUT2D eigenvalue weighted by Gasteiger charge is 2.34. The monoisotopic (exact) mass is 311 g/mol. The molecule has 2 amide bonds. The number of rotatable bonds is 5. The average molecular weight is 311 g/mol. The quantitative estimate of drug-likeness (QED) is 0.802. The van der Waals surface area contributed by atoms with Crippen molar-refractivity contribution in [3.63, 3.8) is 0 Å². The van der Waals surface area contributed by atoms with Gasteiger partial charge in [0.05, 0.1) is 5.69 Å². The number of nitrogens with one attached hydrogen (secondary N) is 2. The van der Waals surface area contributed by atoms with Crippen LogP contribution < -0.4 is 10.6 Å². The molecule has 2 N–H and O–H groups in total. The molecule has 0 aromatic carbocycles. The Hall–Kier alpha value is -1.54. The zero-order valence-electron chi connectivity index (χ0n) is 12.4. The smallest absolute Gasteiger partial charge is 0.268 e. The predicted molar refractivity (Wildman–Crippen MR) is 80.3 cm³/mol. The van der Waals surface area contributed by atoms with E-state index in [0.29, 0.717) is 31.1 Å². The van der Waals surface area contributed by atoms with Crippen LogP contribution in [0.4, 0.5) is 0 Å². The van der Waals surface area contributed by atoms with Gasteiger partial charge < -0.3 is 15.5 Å². The van der Waals surface area contributed by atoms with Crippen molar-refractivity contribution in [1.29, 1.82) is 0 Å². The highest BCUT2D eigenvalue weighted by Crippen LogP contribution is 2.18. The van der Waals surface area contributed by atoms with Crippen molar-refractivity contribution in [3.8, 4) is 0 Å². The third-order valence-electron chi connectivity index (χ3n) is 3.39. The summed E-state index contributed by atoms with van der Waals surface area (Å²) in [6, 6.07) is -0.470. The van der Waals surface area contributed by atoms with Gasteiger partial charge in [0.1, 0.15) is 10.9 Å². The number of likely N-dealkylation sites (N-methyl/N-ethyl adjacent to an activating group) is 1. The summed E-state index contributed by atoms with van der Waals surface area (Å²) in [6.45, 7) is 6.15. The molecule has 21 heavy (non-hydrogen) atoms. The number of nitrogens with zero attached hydrogens (tertiary/aromatic N) is 3. The molecule has 2 rings (SSSR count). The molecule has 1 fully saturated rings. The minimum atomic E-state index is -0.470. The van der Waals surface area contributed by atoms with E-state index >= 15 is 0 Å². The van der Waals surface area contributed by atoms with Gasteiger partial charge in [-0.15, -0.1) is 5.10 Å². The number of hydrogen-bond acceptors (Lipinski definition) is 6. The number of carbonyl (C=O) groups is 2. The molecule has 2 heterocycles. The zero-order chi connectivity index (χ0) is 15.2. The van der Waals surface area contributed by atoms with Crippen LogP contribution in [0.25, 0.3) is 0 Å². The molecule has 1 aromatic rings. The van der Waals surface area contributed by atoms with Gasteiger partial charge in [0.25, 0.3) is 5.91 Å². The first-order chi connectivity index (χ1) is 10.2. The Morgan fingerprint density at radius 2 is 2.29 bits per heavy atom. The summed E-state index contributed by atoms with van der Waals surface area (Å²) in [7, 11) is 0. The van der Waals surface area contributed by atoms with Crippen LogP contribution in [0.5, 0.6) is 0 Å². The van der Waals surface area contributed by atoms with Crippen LogP contribution in [0.1, 0.15) is 35.6 Å². The molecule has 0 saturated carbocycles. The lowest BCUT2D eigenvalue weighted by molar-refractivity contribution is -0.126. The van der Waals surface area contributed by atoms with E-state index in [0.717, 1.165) is 30.1 Å². The van der Waals surface area contributed by atoms with Gasteiger partial charge in [0.2, 0.25) is 5.91 Å². The first kappa shape index (κ1) is 15.8. The van der Waals surface area contributed by atoms with Gasteiger partial charge in [0, 0.05) is 26.2 Å². The Bertz CT molecular complexity index is 505. The van der Waals surface area contributed by atoms with E-state index in [1.165, 1.54) is 0 Å². The summed E-state index contributed by atoms with van der Waals surface area (Å²) < 4.78 is 3.89. The summed E-state index contributed by atoms with van der Waals surface area (Å²) in [5.41, 5.74) is 0.737. The van der Waals surface area contributed by atoms with E-state index in [1.54, 1.807) is 4.90 Å². The molecule has 1 aliphatic heterocycles. The van der Waals surface area contributed by atoms with Crippen LogP contribution in [0.2, 0.25) is 0 Å². The fraction of sp³-hybridized carbons (Fsp3) is 0.692. The van der Waals surface area contributed by atoms with E-state index in [2.05, 4.69) is 20.2 Å². The Morgan fingerprint density at radius 1 is 1.48 bits per heavy atom. The number of hydrogen-bond donors (Lipinski definition) is 2. The molecule has 0 spiro atoms. The fourth-order valence-corrected chi connectivity index (χ4v) is 3.04. The number of piperazine rings is 1. The van der Waals surface area contributed by atoms with E-state index in [1.807, 2.05) is 13.8 Å². The molecular formula is C13H21N5O2S. The van der Waals surface area contributed by atoms with Crippen LogP contribution in [-0.2, 0) is 11.2 Å². The van der Waals surface area contributed by atoms with Crippen molar-refractivity contribution in [3.05, 3.63) is 10.6 Å². The minimum absolute atomic E-state index is 0.118. The van der Waals surface area contributed by atoms with Gasteiger partial charge in [-0.05, 0) is 24.9 Å². The molecule has 0 aliphatic carbocycles. The van der Waals surface area contributed by atoms with E-state index < -0.39 is 6.04 Å². The molecule has 7 nitrogen and oxygen atoms in total. The molecule has 1 atom stereocenters. The van der Waals surface area contributed by atoms with E-state index in [4.69, 9.17) is 0 Å². The standard InChI is InChI=1S/C13H21N5O2S/c1-3-5-9-11(21-17-16-9)13(20)18-7-6-14-8-10(18)12(19)15-4-2/h10,14H,3-8H2,1-2H3,(H,15,19). The molecule has 1 unspecified atom stereocenters. The topological polar surface area (TPSA) is 87.2 Å². The molecule has 0 radical (unpaired) electrons. The van der Waals surface area contributed by atoms with E-state index in [9.17, 15) is 9.59 Å². The minimum Gasteiger partial charge on any atom is -0.355 e. The van der Waals surface area contributed by atoms with Crippen molar-refractivity contribution in [2.45, 2.75) is 32.7 Å². The third kappa shape index (κ3) is 3.56. The second kappa shape index (κ2) is 7.46. The fourth-order valence-electron chi connectivity index (χ4n) is 2.38. The van der Waals surface area contributed by atoms with Gasteiger partial charge in [-0.25, -0.2) is 0 Å². The van der Waals surface area contributed by atoms with Crippen LogP contribution in [0.15, 0.2) is 0 Å². The van der Waals surface area contributed by atoms with Gasteiger partial charge >= 0.3 is 0 Å². The number of carbonyl (C=O) groups excluding carboxylic acids is 2. The maximum atomic E-state index is 12.7. The second-order valence-corrected chi connectivity index (χ2v) is 5.67. The lowest BCUT2D eigenvalue weighted by Crippen LogP contribution is -2.59. The van der Waals surface area contributed by atoms with Crippen molar-refractivity contribution in [1.82, 2.24) is 25.1 Å². The Morgan fingerprint density at radius 3 is 3.00 bits per heavy atom. The van der Waals surface area contributed by atoms with Crippen LogP contribution in [-0.4, -0.2) is 58.5 Å². The average Bonchev–Trinajstić information content (AvgIpc) is 2.95. The lowest BCUT2D eigenvalue weighted by atomic mass is 10.1. The molecule has 8 heteroatoms. The highest BCUT2D eigenvalue weighted by atomic mass is 32.1. The third-order valence-corrected chi connectivity index (χ3v) is 4.15. The summed E-state index contributed by atoms with van der Waals surface area (Å²) in [4.78, 5) is 27.0. The van der Waals surface area contributed by atoms with Crippen LogP contribution in [0.3, 0.4) is 0 Å². The van der Waals surface area contributed by atoms with E-state index in [-0.39, 0.29) is 11.8 Å². The van der Waals surface area contributed by atoms with Gasteiger partial charge in [-0.2, -0.15) is 0 Å². The normalized spacial score (nSPS) is 18.6. The molecule has 1 aromatic heterocycles. The molecule has 0 bridgehead atoms. The number of amides is 2. The second-order valence-electron chi connectivity index (χ2n) is 4.91. The van der Waals surface area contributed by atoms with Crippen molar-refractivity contribution >= 4 is 23.3 Å². The molecule has 116 valence electrons. The Kier molecular flexibility index (Phi) is 5.63. The number of aromatic nitrogens is 2. The molecule has 1 saturated heterocycles. The Balaban J connectivity index is 2.18. The predicted octanol–water partition coefficient (Wildman–Crippen LogP) is 0.0407. The first-order valence-corrected chi connectivity index (χ1v) is 8.07. The largest absolute Gasteiger partial charge is 0.355 e. The SMILES string of the molecule is CCCc1nnsc1C(=O)N1CCNCC1C(=O)NCC. The maximum absolute atomic E-state index is 12.7. The van der Waals surface area contributed by atoms with Gasteiger partial charge in [-0.3, -0.25) is 9.59 Å². The summed E-state index contributed by atoms with van der Waals surface area (Å²) in [5, 5.41) is 9.98. The molecular weight excluding hydrogens is 290 g/mol. The highest BCUT2D eigenvalue weighted by molar-refractivity contribution is 7.08. The number of aryl methyl sites for hydroxylation is 1. The van der Waals surface area contributed by atoms with Crippen molar-refractivity contribution in [2.75, 3.05) is 26.2 Å². The van der Waals surface area contributed by atoms with Crippen LogP contribution in [0, 0.1) is 0 Å². The maximum Gasteiger partial charge on any atom is 0.268 e. The van der Waals surface area contributed by atoms with Crippen LogP contribution >= 0.6 is 11.5 Å².